The molecule has 106 valence electrons. The molecule has 1 aliphatic rings. The largest absolute Gasteiger partial charge is 0.378 e. The number of hydrogen-bond donors (Lipinski definition) is 1. The minimum atomic E-state index is -0.291. The molecular weight excluding hydrogens is 243 g/mol. The molecule has 1 aliphatic heterocycles. The summed E-state index contributed by atoms with van der Waals surface area (Å²) in [7, 11) is 0. The van der Waals surface area contributed by atoms with Gasteiger partial charge in [0.05, 0.1) is 6.10 Å². The normalized spacial score (nSPS) is 18.6. The molecule has 0 spiro atoms. The second-order valence-corrected chi connectivity index (χ2v) is 5.10. The molecule has 1 atom stereocenters. The van der Waals surface area contributed by atoms with Crippen molar-refractivity contribution in [3.8, 4) is 0 Å². The maximum atomic E-state index is 13.9. The van der Waals surface area contributed by atoms with Crippen LogP contribution >= 0.6 is 0 Å². The van der Waals surface area contributed by atoms with Gasteiger partial charge in [0.2, 0.25) is 0 Å². The molecule has 0 radical (unpaired) electrons. The molecule has 4 heteroatoms. The second kappa shape index (κ2) is 6.35. The lowest BCUT2D eigenvalue weighted by Crippen LogP contribution is -2.38. The van der Waals surface area contributed by atoms with Crippen LogP contribution in [-0.4, -0.2) is 25.8 Å². The molecule has 3 nitrogen and oxygen atoms in total. The summed E-state index contributed by atoms with van der Waals surface area (Å²) in [6.45, 7) is 6.40. The van der Waals surface area contributed by atoms with Gasteiger partial charge < -0.3 is 15.4 Å². The molecule has 2 N–H and O–H groups in total. The average Bonchev–Trinajstić information content (AvgIpc) is 2.39. The fourth-order valence-electron chi connectivity index (χ4n) is 2.75. The summed E-state index contributed by atoms with van der Waals surface area (Å²) in [6, 6.07) is 4.91. The summed E-state index contributed by atoms with van der Waals surface area (Å²) in [6.07, 6.45) is 2.32. The summed E-state index contributed by atoms with van der Waals surface area (Å²) in [5.41, 5.74) is 7.46. The van der Waals surface area contributed by atoms with Crippen molar-refractivity contribution in [1.82, 2.24) is 0 Å². The number of anilines is 1. The lowest BCUT2D eigenvalue weighted by molar-refractivity contribution is 0.0459. The standard InChI is InChI=1S/C15H23FN2O/c1-3-19-12-7-9-18(10-8-12)14-6-4-5-13(16)15(14)11(2)17/h4-6,11-12H,3,7-10,17H2,1-2H3. The quantitative estimate of drug-likeness (QED) is 0.910. The van der Waals surface area contributed by atoms with Crippen molar-refractivity contribution in [3.63, 3.8) is 0 Å². The van der Waals surface area contributed by atoms with Crippen LogP contribution in [0.15, 0.2) is 18.2 Å². The van der Waals surface area contributed by atoms with Gasteiger partial charge in [0.25, 0.3) is 0 Å². The van der Waals surface area contributed by atoms with E-state index in [-0.39, 0.29) is 11.9 Å². The van der Waals surface area contributed by atoms with E-state index in [4.69, 9.17) is 10.5 Å². The summed E-state index contributed by atoms with van der Waals surface area (Å²) in [5.74, 6) is -0.209. The molecule has 1 aromatic rings. The van der Waals surface area contributed by atoms with E-state index in [1.54, 1.807) is 6.07 Å². The molecule has 0 aromatic heterocycles. The minimum Gasteiger partial charge on any atom is -0.378 e. The Balaban J connectivity index is 2.13. The zero-order chi connectivity index (χ0) is 13.8. The van der Waals surface area contributed by atoms with Crippen molar-refractivity contribution in [2.45, 2.75) is 38.8 Å². The highest BCUT2D eigenvalue weighted by molar-refractivity contribution is 5.55. The van der Waals surface area contributed by atoms with Gasteiger partial charge in [0.1, 0.15) is 5.82 Å². The number of halogens is 1. The Kier molecular flexibility index (Phi) is 4.77. The van der Waals surface area contributed by atoms with Crippen LogP contribution in [0, 0.1) is 5.82 Å². The van der Waals surface area contributed by atoms with E-state index in [0.29, 0.717) is 11.7 Å². The van der Waals surface area contributed by atoms with Crippen molar-refractivity contribution in [2.24, 2.45) is 5.73 Å². The first kappa shape index (κ1) is 14.3. The first-order chi connectivity index (χ1) is 9.13. The minimum absolute atomic E-state index is 0.209. The number of rotatable bonds is 4. The van der Waals surface area contributed by atoms with Crippen LogP contribution < -0.4 is 10.6 Å². The maximum absolute atomic E-state index is 13.9. The van der Waals surface area contributed by atoms with E-state index in [0.717, 1.165) is 38.2 Å². The topological polar surface area (TPSA) is 38.5 Å². The molecule has 1 saturated heterocycles. The van der Waals surface area contributed by atoms with Gasteiger partial charge >= 0.3 is 0 Å². The molecule has 1 aromatic carbocycles. The van der Waals surface area contributed by atoms with Crippen LogP contribution in [0.5, 0.6) is 0 Å². The summed E-state index contributed by atoms with van der Waals surface area (Å²) in [4.78, 5) is 2.22. The van der Waals surface area contributed by atoms with Crippen molar-refractivity contribution in [1.29, 1.82) is 0 Å². The van der Waals surface area contributed by atoms with Gasteiger partial charge in [-0.1, -0.05) is 6.07 Å². The highest BCUT2D eigenvalue weighted by atomic mass is 19.1. The van der Waals surface area contributed by atoms with E-state index in [2.05, 4.69) is 4.90 Å². The molecule has 0 saturated carbocycles. The van der Waals surface area contributed by atoms with Crippen LogP contribution in [0.3, 0.4) is 0 Å². The fourth-order valence-corrected chi connectivity index (χ4v) is 2.75. The Morgan fingerprint density at radius 2 is 2.11 bits per heavy atom. The first-order valence-electron chi connectivity index (χ1n) is 7.04. The predicted octanol–water partition coefficient (Wildman–Crippen LogP) is 2.85. The molecule has 0 amide bonds. The fraction of sp³-hybridized carbons (Fsp3) is 0.600. The van der Waals surface area contributed by atoms with Crippen molar-refractivity contribution >= 4 is 5.69 Å². The van der Waals surface area contributed by atoms with Crippen LogP contribution in [0.2, 0.25) is 0 Å². The zero-order valence-electron chi connectivity index (χ0n) is 11.7. The molecule has 19 heavy (non-hydrogen) atoms. The Bertz CT molecular complexity index is 415. The highest BCUT2D eigenvalue weighted by Crippen LogP contribution is 2.30. The van der Waals surface area contributed by atoms with Crippen molar-refractivity contribution in [2.75, 3.05) is 24.6 Å². The van der Waals surface area contributed by atoms with Crippen LogP contribution in [0.25, 0.3) is 0 Å². The van der Waals surface area contributed by atoms with Crippen LogP contribution in [0.4, 0.5) is 10.1 Å². The second-order valence-electron chi connectivity index (χ2n) is 5.10. The van der Waals surface area contributed by atoms with E-state index >= 15 is 0 Å². The molecule has 1 unspecified atom stereocenters. The van der Waals surface area contributed by atoms with Gasteiger partial charge in [0, 0.05) is 37.0 Å². The lowest BCUT2D eigenvalue weighted by atomic mass is 10.0. The number of benzene rings is 1. The maximum Gasteiger partial charge on any atom is 0.130 e. The van der Waals surface area contributed by atoms with E-state index in [1.165, 1.54) is 6.07 Å². The molecule has 2 rings (SSSR count). The Hall–Kier alpha value is -1.13. The highest BCUT2D eigenvalue weighted by Gasteiger charge is 2.23. The average molecular weight is 266 g/mol. The first-order valence-corrected chi connectivity index (χ1v) is 7.04. The third-order valence-electron chi connectivity index (χ3n) is 3.67. The number of nitrogens with zero attached hydrogens (tertiary/aromatic N) is 1. The monoisotopic (exact) mass is 266 g/mol. The van der Waals surface area contributed by atoms with Crippen LogP contribution in [0.1, 0.15) is 38.3 Å². The number of ether oxygens (including phenoxy) is 1. The van der Waals surface area contributed by atoms with Gasteiger partial charge in [-0.3, -0.25) is 0 Å². The third kappa shape index (κ3) is 3.25. The van der Waals surface area contributed by atoms with Crippen molar-refractivity contribution in [3.05, 3.63) is 29.6 Å². The molecule has 1 fully saturated rings. The lowest BCUT2D eigenvalue weighted by Gasteiger charge is -2.35. The number of piperidine rings is 1. The SMILES string of the molecule is CCOC1CCN(c2cccc(F)c2C(C)N)CC1. The molecular formula is C15H23FN2O. The summed E-state index contributed by atoms with van der Waals surface area (Å²) >= 11 is 0. The smallest absolute Gasteiger partial charge is 0.130 e. The molecule has 1 heterocycles. The number of hydrogen-bond acceptors (Lipinski definition) is 3. The summed E-state index contributed by atoms with van der Waals surface area (Å²) < 4.78 is 19.6. The van der Waals surface area contributed by atoms with Crippen molar-refractivity contribution < 1.29 is 9.13 Å². The van der Waals surface area contributed by atoms with Crippen LogP contribution in [-0.2, 0) is 4.74 Å². The van der Waals surface area contributed by atoms with Gasteiger partial charge in [0.15, 0.2) is 0 Å². The Morgan fingerprint density at radius 1 is 1.42 bits per heavy atom. The zero-order valence-corrected chi connectivity index (χ0v) is 11.7. The predicted molar refractivity (Wildman–Crippen MR) is 75.9 cm³/mol. The number of nitrogens with two attached hydrogens (primary N) is 1. The van der Waals surface area contributed by atoms with Gasteiger partial charge in [-0.25, -0.2) is 4.39 Å². The van der Waals surface area contributed by atoms with Gasteiger partial charge in [-0.2, -0.15) is 0 Å². The van der Waals surface area contributed by atoms with E-state index in [9.17, 15) is 4.39 Å². The summed E-state index contributed by atoms with van der Waals surface area (Å²) in [5, 5.41) is 0. The Labute approximate surface area is 114 Å². The molecule has 0 aliphatic carbocycles. The van der Waals surface area contributed by atoms with E-state index < -0.39 is 0 Å². The third-order valence-corrected chi connectivity index (χ3v) is 3.67. The molecule has 0 bridgehead atoms. The van der Waals surface area contributed by atoms with E-state index in [1.807, 2.05) is 19.9 Å². The van der Waals surface area contributed by atoms with Gasteiger partial charge in [-0.15, -0.1) is 0 Å². The van der Waals surface area contributed by atoms with Gasteiger partial charge in [-0.05, 0) is 38.8 Å². The Morgan fingerprint density at radius 3 is 2.68 bits per heavy atom.